The molecular weight excluding hydrogens is 257 g/mol. The Bertz CT molecular complexity index is 585. The van der Waals surface area contributed by atoms with Crippen molar-refractivity contribution in [2.24, 2.45) is 0 Å². The van der Waals surface area contributed by atoms with Crippen LogP contribution in [0.3, 0.4) is 0 Å². The Balaban J connectivity index is 2.21. The van der Waals surface area contributed by atoms with Crippen molar-refractivity contribution in [3.63, 3.8) is 0 Å². The van der Waals surface area contributed by atoms with E-state index in [1.54, 1.807) is 0 Å². The van der Waals surface area contributed by atoms with Gasteiger partial charge in [0.15, 0.2) is 23.2 Å². The molecule has 0 bridgehead atoms. The zero-order chi connectivity index (χ0) is 13.8. The predicted molar refractivity (Wildman–Crippen MR) is 63.0 cm³/mol. The molecule has 100 valence electrons. The van der Waals surface area contributed by atoms with E-state index in [4.69, 9.17) is 9.84 Å². The fourth-order valence-electron chi connectivity index (χ4n) is 1.65. The van der Waals surface area contributed by atoms with Crippen molar-refractivity contribution in [1.82, 2.24) is 0 Å². The van der Waals surface area contributed by atoms with Crippen LogP contribution in [0.1, 0.15) is 11.1 Å². The van der Waals surface area contributed by atoms with Crippen LogP contribution in [-0.4, -0.2) is 5.11 Å². The molecule has 2 nitrogen and oxygen atoms in total. The molecule has 0 amide bonds. The molecule has 1 N–H and O–H groups in total. The summed E-state index contributed by atoms with van der Waals surface area (Å²) >= 11 is 0. The number of aliphatic hydroxyl groups is 1. The van der Waals surface area contributed by atoms with Crippen molar-refractivity contribution >= 4 is 0 Å². The molecule has 0 unspecified atom stereocenters. The third kappa shape index (κ3) is 2.88. The van der Waals surface area contributed by atoms with E-state index in [0.29, 0.717) is 0 Å². The molecule has 0 atom stereocenters. The molecule has 0 saturated heterocycles. The highest BCUT2D eigenvalue weighted by atomic mass is 19.2. The van der Waals surface area contributed by atoms with Gasteiger partial charge in [0.2, 0.25) is 0 Å². The lowest BCUT2D eigenvalue weighted by atomic mass is 10.2. The number of hydrogen-bond donors (Lipinski definition) is 1. The normalized spacial score (nSPS) is 10.5. The van der Waals surface area contributed by atoms with Gasteiger partial charge in [0.25, 0.3) is 0 Å². The van der Waals surface area contributed by atoms with Gasteiger partial charge < -0.3 is 9.84 Å². The second-order valence-corrected chi connectivity index (χ2v) is 3.89. The molecule has 0 radical (unpaired) electrons. The summed E-state index contributed by atoms with van der Waals surface area (Å²) in [6, 6.07) is 7.75. The summed E-state index contributed by atoms with van der Waals surface area (Å²) in [5, 5.41) is 9.06. The predicted octanol–water partition coefficient (Wildman–Crippen LogP) is 3.18. The fourth-order valence-corrected chi connectivity index (χ4v) is 1.65. The minimum Gasteiger partial charge on any atom is -0.485 e. The second-order valence-electron chi connectivity index (χ2n) is 3.89. The van der Waals surface area contributed by atoms with E-state index in [1.807, 2.05) is 0 Å². The molecule has 0 saturated carbocycles. The van der Waals surface area contributed by atoms with Crippen LogP contribution in [0.25, 0.3) is 0 Å². The summed E-state index contributed by atoms with van der Waals surface area (Å²) in [5.41, 5.74) is 0.226. The summed E-state index contributed by atoms with van der Waals surface area (Å²) in [7, 11) is 0. The first-order chi connectivity index (χ1) is 9.13. The first kappa shape index (κ1) is 13.4. The minimum absolute atomic E-state index is 0.0212. The molecule has 0 aliphatic heterocycles. The third-order valence-electron chi connectivity index (χ3n) is 2.62. The van der Waals surface area contributed by atoms with Crippen molar-refractivity contribution < 1.29 is 23.0 Å². The van der Waals surface area contributed by atoms with Crippen LogP contribution < -0.4 is 4.74 Å². The third-order valence-corrected chi connectivity index (χ3v) is 2.62. The van der Waals surface area contributed by atoms with Crippen molar-refractivity contribution in [2.45, 2.75) is 13.2 Å². The van der Waals surface area contributed by atoms with E-state index >= 15 is 0 Å². The monoisotopic (exact) mass is 268 g/mol. The highest BCUT2D eigenvalue weighted by Crippen LogP contribution is 2.24. The maximum Gasteiger partial charge on any atom is 0.165 e. The van der Waals surface area contributed by atoms with Gasteiger partial charge in [-0.25, -0.2) is 13.2 Å². The zero-order valence-electron chi connectivity index (χ0n) is 9.87. The van der Waals surface area contributed by atoms with Gasteiger partial charge >= 0.3 is 0 Å². The standard InChI is InChI=1S/C14H11F3O2/c15-11-5-2-4-10(13(11)17)8-19-14-9(7-18)3-1-6-12(14)16/h1-6,18H,7-8H2. The van der Waals surface area contributed by atoms with Gasteiger partial charge in [-0.2, -0.15) is 0 Å². The van der Waals surface area contributed by atoms with E-state index in [2.05, 4.69) is 0 Å². The molecule has 2 aromatic carbocycles. The Morgan fingerprint density at radius 1 is 0.895 bits per heavy atom. The van der Waals surface area contributed by atoms with Gasteiger partial charge in [0.05, 0.1) is 6.61 Å². The maximum absolute atomic E-state index is 13.5. The van der Waals surface area contributed by atoms with Crippen molar-refractivity contribution in [1.29, 1.82) is 0 Å². The molecule has 5 heteroatoms. The Morgan fingerprint density at radius 2 is 1.53 bits per heavy atom. The van der Waals surface area contributed by atoms with Crippen LogP contribution >= 0.6 is 0 Å². The number of hydrogen-bond acceptors (Lipinski definition) is 2. The van der Waals surface area contributed by atoms with E-state index in [-0.39, 0.29) is 23.5 Å². The largest absolute Gasteiger partial charge is 0.485 e. The molecule has 2 aromatic rings. The maximum atomic E-state index is 13.5. The van der Waals surface area contributed by atoms with Gasteiger partial charge in [-0.1, -0.05) is 24.3 Å². The Labute approximate surface area is 108 Å². The summed E-state index contributed by atoms with van der Waals surface area (Å²) in [4.78, 5) is 0. The van der Waals surface area contributed by atoms with Gasteiger partial charge in [-0.15, -0.1) is 0 Å². The smallest absolute Gasteiger partial charge is 0.165 e. The molecule has 2 rings (SSSR count). The van der Waals surface area contributed by atoms with Crippen molar-refractivity contribution in [3.8, 4) is 5.75 Å². The van der Waals surface area contributed by atoms with E-state index in [9.17, 15) is 13.2 Å². The molecule has 0 fully saturated rings. The summed E-state index contributed by atoms with van der Waals surface area (Å²) in [5.74, 6) is -2.83. The average Bonchev–Trinajstić information content (AvgIpc) is 2.41. The minimum atomic E-state index is -1.02. The fraction of sp³-hybridized carbons (Fsp3) is 0.143. The van der Waals surface area contributed by atoms with Crippen LogP contribution in [0.5, 0.6) is 5.75 Å². The molecular formula is C14H11F3O2. The van der Waals surface area contributed by atoms with E-state index in [0.717, 1.165) is 12.1 Å². The van der Waals surface area contributed by atoms with Gasteiger partial charge in [0.1, 0.15) is 6.61 Å². The number of ether oxygens (including phenoxy) is 1. The Morgan fingerprint density at radius 3 is 2.21 bits per heavy atom. The zero-order valence-corrected chi connectivity index (χ0v) is 9.87. The summed E-state index contributed by atoms with van der Waals surface area (Å²) in [6.07, 6.45) is 0. The molecule has 0 spiro atoms. The number of halogens is 3. The van der Waals surface area contributed by atoms with E-state index < -0.39 is 24.1 Å². The number of benzene rings is 2. The highest BCUT2D eigenvalue weighted by Gasteiger charge is 2.12. The number of para-hydroxylation sites is 1. The first-order valence-electron chi connectivity index (χ1n) is 5.57. The Kier molecular flexibility index (Phi) is 4.06. The number of aliphatic hydroxyl groups excluding tert-OH is 1. The Hall–Kier alpha value is -2.01. The van der Waals surface area contributed by atoms with Crippen LogP contribution in [0, 0.1) is 17.5 Å². The lowest BCUT2D eigenvalue weighted by molar-refractivity contribution is 0.248. The van der Waals surface area contributed by atoms with Crippen LogP contribution in [0.2, 0.25) is 0 Å². The van der Waals surface area contributed by atoms with Crippen molar-refractivity contribution in [3.05, 3.63) is 65.0 Å². The average molecular weight is 268 g/mol. The molecule has 19 heavy (non-hydrogen) atoms. The molecule has 0 aliphatic carbocycles. The van der Waals surface area contributed by atoms with Gasteiger partial charge in [-0.3, -0.25) is 0 Å². The topological polar surface area (TPSA) is 29.5 Å². The van der Waals surface area contributed by atoms with Gasteiger partial charge in [0, 0.05) is 11.1 Å². The highest BCUT2D eigenvalue weighted by molar-refractivity contribution is 5.34. The molecule has 0 aromatic heterocycles. The summed E-state index contributed by atoms with van der Waals surface area (Å²) < 4.78 is 45.0. The number of rotatable bonds is 4. The molecule has 0 aliphatic rings. The molecule has 0 heterocycles. The lowest BCUT2D eigenvalue weighted by Gasteiger charge is -2.11. The van der Waals surface area contributed by atoms with E-state index in [1.165, 1.54) is 24.3 Å². The first-order valence-corrected chi connectivity index (χ1v) is 5.57. The SMILES string of the molecule is OCc1cccc(F)c1OCc1cccc(F)c1F. The second kappa shape index (κ2) is 5.75. The van der Waals surface area contributed by atoms with Crippen LogP contribution in [0.4, 0.5) is 13.2 Å². The van der Waals surface area contributed by atoms with Gasteiger partial charge in [-0.05, 0) is 12.1 Å². The lowest BCUT2D eigenvalue weighted by Crippen LogP contribution is -2.04. The van der Waals surface area contributed by atoms with Crippen LogP contribution in [-0.2, 0) is 13.2 Å². The van der Waals surface area contributed by atoms with Crippen LogP contribution in [0.15, 0.2) is 36.4 Å². The summed E-state index contributed by atoms with van der Waals surface area (Å²) in [6.45, 7) is -0.726. The van der Waals surface area contributed by atoms with Crippen molar-refractivity contribution in [2.75, 3.05) is 0 Å². The quantitative estimate of drug-likeness (QED) is 0.922.